The molecule has 0 aromatic heterocycles. The van der Waals surface area contributed by atoms with Gasteiger partial charge < -0.3 is 0 Å². The molecule has 2 aromatic rings. The van der Waals surface area contributed by atoms with Gasteiger partial charge in [-0.15, -0.1) is 0 Å². The maximum atomic E-state index is 12.0. The summed E-state index contributed by atoms with van der Waals surface area (Å²) in [5, 5.41) is 2.57. The number of benzene rings is 2. The van der Waals surface area contributed by atoms with Crippen LogP contribution in [0.2, 0.25) is 0 Å². The molecule has 0 bridgehead atoms. The Kier molecular flexibility index (Phi) is 7.05. The number of rotatable bonds is 7. The standard InChI is InChI=1S/C16H12N2O6S4/c19-27(20,21)15(7-11-1-3-12(4-2-11)17-9-25)14-6-5-13(18-10-26)8-16(14)28(22,23)24/h1-6,8,15H,7H2,(H,19,20,21)(H,22,23,24). The summed E-state index contributed by atoms with van der Waals surface area (Å²) in [5.74, 6) is 0. The van der Waals surface area contributed by atoms with E-state index in [1.165, 1.54) is 6.07 Å². The molecule has 0 spiro atoms. The Morgan fingerprint density at radius 2 is 1.43 bits per heavy atom. The number of nitrogens with zero attached hydrogens (tertiary/aromatic N) is 2. The topological polar surface area (TPSA) is 133 Å². The normalized spacial score (nSPS) is 12.5. The second kappa shape index (κ2) is 8.91. The fourth-order valence-electron chi connectivity index (χ4n) is 2.48. The minimum atomic E-state index is -4.82. The molecule has 146 valence electrons. The highest BCUT2D eigenvalue weighted by atomic mass is 32.2. The van der Waals surface area contributed by atoms with Crippen LogP contribution in [0.4, 0.5) is 11.4 Å². The van der Waals surface area contributed by atoms with Gasteiger partial charge in [-0.2, -0.15) is 26.8 Å². The van der Waals surface area contributed by atoms with E-state index in [4.69, 9.17) is 0 Å². The van der Waals surface area contributed by atoms with Crippen molar-refractivity contribution in [1.82, 2.24) is 0 Å². The molecule has 0 radical (unpaired) electrons. The SMILES string of the molecule is O=S(=O)(O)c1cc(N=C=S)ccc1C(Cc1ccc(N=C=S)cc1)S(=O)(=O)O. The predicted octanol–water partition coefficient (Wildman–Crippen LogP) is 3.57. The predicted molar refractivity (Wildman–Crippen MR) is 110 cm³/mol. The van der Waals surface area contributed by atoms with Gasteiger partial charge in [-0.25, -0.2) is 0 Å². The lowest BCUT2D eigenvalue weighted by Crippen LogP contribution is -2.18. The Hall–Kier alpha value is -2.14. The van der Waals surface area contributed by atoms with Crippen molar-refractivity contribution in [1.29, 1.82) is 0 Å². The van der Waals surface area contributed by atoms with E-state index in [1.54, 1.807) is 24.3 Å². The van der Waals surface area contributed by atoms with Crippen LogP contribution in [0.1, 0.15) is 16.4 Å². The van der Waals surface area contributed by atoms with Crippen molar-refractivity contribution in [3.8, 4) is 0 Å². The van der Waals surface area contributed by atoms with Crippen molar-refractivity contribution in [3.05, 3.63) is 53.6 Å². The van der Waals surface area contributed by atoms with Gasteiger partial charge in [0.15, 0.2) is 0 Å². The van der Waals surface area contributed by atoms with Crippen LogP contribution in [0, 0.1) is 0 Å². The van der Waals surface area contributed by atoms with E-state index in [0.717, 1.165) is 12.1 Å². The summed E-state index contributed by atoms with van der Waals surface area (Å²) in [4.78, 5) is 6.67. The van der Waals surface area contributed by atoms with Gasteiger partial charge in [0.2, 0.25) is 0 Å². The van der Waals surface area contributed by atoms with Gasteiger partial charge in [0.25, 0.3) is 20.2 Å². The summed E-state index contributed by atoms with van der Waals surface area (Å²) >= 11 is 8.95. The first-order valence-corrected chi connectivity index (χ1v) is 11.1. The van der Waals surface area contributed by atoms with Gasteiger partial charge >= 0.3 is 0 Å². The van der Waals surface area contributed by atoms with Crippen LogP contribution in [-0.2, 0) is 26.7 Å². The zero-order valence-corrected chi connectivity index (χ0v) is 17.1. The maximum absolute atomic E-state index is 12.0. The van der Waals surface area contributed by atoms with Crippen molar-refractivity contribution in [3.63, 3.8) is 0 Å². The molecule has 1 atom stereocenters. The first kappa shape index (κ1) is 22.2. The Morgan fingerprint density at radius 1 is 0.893 bits per heavy atom. The molecule has 0 heterocycles. The van der Waals surface area contributed by atoms with E-state index in [9.17, 15) is 25.9 Å². The third-order valence-corrected chi connectivity index (χ3v) is 5.92. The monoisotopic (exact) mass is 456 g/mol. The summed E-state index contributed by atoms with van der Waals surface area (Å²) in [5.41, 5.74) is 0.688. The quantitative estimate of drug-likeness (QED) is 0.367. The van der Waals surface area contributed by atoms with Crippen LogP contribution in [0.15, 0.2) is 57.3 Å². The summed E-state index contributed by atoms with van der Waals surface area (Å²) in [6.07, 6.45) is -0.265. The van der Waals surface area contributed by atoms with E-state index in [2.05, 4.69) is 39.6 Å². The molecule has 0 saturated heterocycles. The number of hydrogen-bond acceptors (Lipinski definition) is 8. The molecule has 28 heavy (non-hydrogen) atoms. The van der Waals surface area contributed by atoms with Crippen molar-refractivity contribution >= 4 is 66.4 Å². The fourth-order valence-corrected chi connectivity index (χ4v) is 4.48. The first-order valence-electron chi connectivity index (χ1n) is 7.38. The average molecular weight is 457 g/mol. The number of isothiocyanates is 2. The molecular weight excluding hydrogens is 444 g/mol. The van der Waals surface area contributed by atoms with Gasteiger partial charge in [-0.3, -0.25) is 9.11 Å². The molecule has 0 aliphatic rings. The summed E-state index contributed by atoms with van der Waals surface area (Å²) in [6, 6.07) is 9.56. The third-order valence-electron chi connectivity index (χ3n) is 3.69. The second-order valence-electron chi connectivity index (χ2n) is 5.48. The number of hydrogen-bond donors (Lipinski definition) is 2. The van der Waals surface area contributed by atoms with Gasteiger partial charge in [0, 0.05) is 0 Å². The van der Waals surface area contributed by atoms with Gasteiger partial charge in [-0.1, -0.05) is 18.2 Å². The lowest BCUT2D eigenvalue weighted by Gasteiger charge is -2.17. The highest BCUT2D eigenvalue weighted by Crippen LogP contribution is 2.33. The lowest BCUT2D eigenvalue weighted by atomic mass is 10.0. The summed E-state index contributed by atoms with van der Waals surface area (Å²) < 4.78 is 66.7. The van der Waals surface area contributed by atoms with Crippen LogP contribution < -0.4 is 0 Å². The zero-order chi connectivity index (χ0) is 20.9. The molecule has 0 aliphatic heterocycles. The van der Waals surface area contributed by atoms with Crippen LogP contribution in [0.5, 0.6) is 0 Å². The number of thiocarbonyl (C=S) groups is 2. The van der Waals surface area contributed by atoms with Gasteiger partial charge in [0.1, 0.15) is 10.1 Å². The molecule has 12 heteroatoms. The zero-order valence-electron chi connectivity index (χ0n) is 13.9. The Morgan fingerprint density at radius 3 is 1.93 bits per heavy atom. The van der Waals surface area contributed by atoms with Crippen molar-refractivity contribution in [2.75, 3.05) is 0 Å². The minimum absolute atomic E-state index is 0.0443. The molecule has 8 nitrogen and oxygen atoms in total. The molecular formula is C16H12N2O6S4. The Balaban J connectivity index is 2.60. The van der Waals surface area contributed by atoms with Gasteiger partial charge in [0.05, 0.1) is 21.7 Å². The molecule has 2 rings (SSSR count). The van der Waals surface area contributed by atoms with E-state index < -0.39 is 30.4 Å². The molecule has 1 unspecified atom stereocenters. The van der Waals surface area contributed by atoms with E-state index in [1.807, 2.05) is 5.16 Å². The molecule has 0 aliphatic carbocycles. The highest BCUT2D eigenvalue weighted by Gasteiger charge is 2.31. The van der Waals surface area contributed by atoms with Crippen molar-refractivity contribution < 1.29 is 25.9 Å². The average Bonchev–Trinajstić information content (AvgIpc) is 2.60. The van der Waals surface area contributed by atoms with E-state index in [0.29, 0.717) is 11.3 Å². The molecule has 0 fully saturated rings. The van der Waals surface area contributed by atoms with E-state index >= 15 is 0 Å². The summed E-state index contributed by atoms with van der Waals surface area (Å²) in [7, 11) is -9.56. The Labute approximate surface area is 172 Å². The maximum Gasteiger partial charge on any atom is 0.294 e. The molecule has 0 amide bonds. The van der Waals surface area contributed by atoms with Crippen molar-refractivity contribution in [2.24, 2.45) is 9.98 Å². The lowest BCUT2D eigenvalue weighted by molar-refractivity contribution is 0.465. The van der Waals surface area contributed by atoms with Gasteiger partial charge in [-0.05, 0) is 66.2 Å². The van der Waals surface area contributed by atoms with Crippen molar-refractivity contribution in [2.45, 2.75) is 16.6 Å². The second-order valence-corrected chi connectivity index (χ2v) is 8.83. The van der Waals surface area contributed by atoms with E-state index in [-0.39, 0.29) is 17.7 Å². The molecule has 2 aromatic carbocycles. The van der Waals surface area contributed by atoms with Crippen LogP contribution >= 0.6 is 24.4 Å². The van der Waals surface area contributed by atoms with Crippen LogP contribution in [0.3, 0.4) is 0 Å². The fraction of sp³-hybridized carbons (Fsp3) is 0.125. The molecule has 2 N–H and O–H groups in total. The first-order chi connectivity index (χ1) is 13.1. The van der Waals surface area contributed by atoms with Crippen LogP contribution in [0.25, 0.3) is 0 Å². The largest absolute Gasteiger partial charge is 0.294 e. The van der Waals surface area contributed by atoms with Crippen LogP contribution in [-0.4, -0.2) is 36.3 Å². The molecule has 0 saturated carbocycles. The number of aliphatic imine (C=N–C) groups is 2. The smallest absolute Gasteiger partial charge is 0.285 e. The highest BCUT2D eigenvalue weighted by molar-refractivity contribution is 7.87. The third kappa shape index (κ3) is 5.68. The Bertz CT molecular complexity index is 1190. The minimum Gasteiger partial charge on any atom is -0.285 e. The summed E-state index contributed by atoms with van der Waals surface area (Å²) in [6.45, 7) is 0.